The topological polar surface area (TPSA) is 59.4 Å². The van der Waals surface area contributed by atoms with Crippen LogP contribution in [0.1, 0.15) is 24.7 Å². The summed E-state index contributed by atoms with van der Waals surface area (Å²) in [6.45, 7) is 0.565. The van der Waals surface area contributed by atoms with E-state index in [1.165, 1.54) is 6.26 Å². The van der Waals surface area contributed by atoms with Gasteiger partial charge in [0.05, 0.1) is 11.3 Å². The smallest absolute Gasteiger partial charge is 0.150 e. The second-order valence-electron chi connectivity index (χ2n) is 2.58. The molecular weight excluding hydrogens is 178 g/mol. The minimum atomic E-state index is -0.629. The molecule has 0 aliphatic carbocycles. The number of aliphatic hydroxyl groups excluding tert-OH is 1. The quantitative estimate of drug-likeness (QED) is 0.758. The monoisotopic (exact) mass is 189 g/mol. The lowest BCUT2D eigenvalue weighted by Crippen LogP contribution is -2.03. The molecule has 1 rings (SSSR count). The maximum atomic E-state index is 9.49. The fourth-order valence-electron chi connectivity index (χ4n) is 0.985. The first kappa shape index (κ1) is 9.58. The number of hydrogen-bond donors (Lipinski definition) is 2. The van der Waals surface area contributed by atoms with Crippen LogP contribution >= 0.6 is 11.6 Å². The second-order valence-corrected chi connectivity index (χ2v) is 2.99. The zero-order chi connectivity index (χ0) is 8.97. The molecule has 1 unspecified atom stereocenters. The van der Waals surface area contributed by atoms with Crippen LogP contribution < -0.4 is 5.73 Å². The Morgan fingerprint density at radius 2 is 2.42 bits per heavy atom. The molecule has 0 aromatic carbocycles. The van der Waals surface area contributed by atoms with Gasteiger partial charge in [0.15, 0.2) is 5.76 Å². The van der Waals surface area contributed by atoms with Crippen molar-refractivity contribution in [2.75, 3.05) is 6.54 Å². The van der Waals surface area contributed by atoms with Gasteiger partial charge in [0.25, 0.3) is 0 Å². The van der Waals surface area contributed by atoms with Gasteiger partial charge in [-0.25, -0.2) is 0 Å². The van der Waals surface area contributed by atoms with Gasteiger partial charge in [-0.2, -0.15) is 0 Å². The third-order valence-corrected chi connectivity index (χ3v) is 1.94. The van der Waals surface area contributed by atoms with Crippen LogP contribution in [0, 0.1) is 0 Å². The maximum absolute atomic E-state index is 9.49. The minimum absolute atomic E-state index is 0.435. The summed E-state index contributed by atoms with van der Waals surface area (Å²) in [4.78, 5) is 0. The van der Waals surface area contributed by atoms with Crippen LogP contribution in [0.25, 0.3) is 0 Å². The summed E-state index contributed by atoms with van der Waals surface area (Å²) in [6, 6.07) is 1.61. The highest BCUT2D eigenvalue weighted by Gasteiger charge is 2.13. The first-order valence-corrected chi connectivity index (χ1v) is 4.24. The first-order valence-electron chi connectivity index (χ1n) is 3.86. The van der Waals surface area contributed by atoms with E-state index in [0.717, 1.165) is 6.42 Å². The molecule has 0 radical (unpaired) electrons. The first-order chi connectivity index (χ1) is 5.75. The van der Waals surface area contributed by atoms with E-state index in [2.05, 4.69) is 0 Å². The number of aliphatic hydroxyl groups is 1. The van der Waals surface area contributed by atoms with Gasteiger partial charge in [0, 0.05) is 0 Å². The zero-order valence-electron chi connectivity index (χ0n) is 6.66. The molecule has 0 amide bonds. The van der Waals surface area contributed by atoms with Gasteiger partial charge in [-0.05, 0) is 25.5 Å². The second kappa shape index (κ2) is 4.50. The van der Waals surface area contributed by atoms with Crippen molar-refractivity contribution in [1.82, 2.24) is 0 Å². The van der Waals surface area contributed by atoms with Gasteiger partial charge in [-0.1, -0.05) is 11.6 Å². The summed E-state index contributed by atoms with van der Waals surface area (Å²) in [6.07, 6.45) is 2.18. The molecule has 0 bridgehead atoms. The van der Waals surface area contributed by atoms with Crippen LogP contribution in [0.4, 0.5) is 0 Å². The highest BCUT2D eigenvalue weighted by molar-refractivity contribution is 6.31. The van der Waals surface area contributed by atoms with Crippen molar-refractivity contribution in [3.8, 4) is 0 Å². The van der Waals surface area contributed by atoms with Crippen molar-refractivity contribution >= 4 is 11.6 Å². The van der Waals surface area contributed by atoms with E-state index < -0.39 is 6.10 Å². The third-order valence-electron chi connectivity index (χ3n) is 1.63. The minimum Gasteiger partial charge on any atom is -0.465 e. The Kier molecular flexibility index (Phi) is 3.59. The van der Waals surface area contributed by atoms with Crippen molar-refractivity contribution in [2.24, 2.45) is 5.73 Å². The number of halogens is 1. The summed E-state index contributed by atoms with van der Waals surface area (Å²) >= 11 is 5.73. The lowest BCUT2D eigenvalue weighted by molar-refractivity contribution is 0.138. The molecule has 0 aliphatic rings. The average molecular weight is 190 g/mol. The number of furan rings is 1. The van der Waals surface area contributed by atoms with E-state index in [1.807, 2.05) is 0 Å². The molecule has 3 nitrogen and oxygen atoms in total. The molecule has 0 saturated carbocycles. The van der Waals surface area contributed by atoms with E-state index in [0.29, 0.717) is 23.7 Å². The van der Waals surface area contributed by atoms with Crippen LogP contribution in [0.3, 0.4) is 0 Å². The van der Waals surface area contributed by atoms with Gasteiger partial charge < -0.3 is 15.3 Å². The molecule has 0 saturated heterocycles. The molecule has 1 atom stereocenters. The number of rotatable bonds is 4. The Morgan fingerprint density at radius 1 is 1.67 bits per heavy atom. The van der Waals surface area contributed by atoms with E-state index in [4.69, 9.17) is 21.8 Å². The number of nitrogens with two attached hydrogens (primary N) is 1. The molecule has 0 fully saturated rings. The summed E-state index contributed by atoms with van der Waals surface area (Å²) in [5.74, 6) is 0.435. The van der Waals surface area contributed by atoms with Crippen LogP contribution in [-0.4, -0.2) is 11.7 Å². The molecular formula is C8H12ClNO2. The van der Waals surface area contributed by atoms with E-state index in [1.54, 1.807) is 6.07 Å². The van der Waals surface area contributed by atoms with Gasteiger partial charge in [0.2, 0.25) is 0 Å². The summed E-state index contributed by atoms with van der Waals surface area (Å²) < 4.78 is 5.00. The Balaban J connectivity index is 2.52. The van der Waals surface area contributed by atoms with E-state index in [9.17, 15) is 5.11 Å². The van der Waals surface area contributed by atoms with Crippen LogP contribution in [-0.2, 0) is 0 Å². The standard InChI is InChI=1S/C8H12ClNO2/c9-6-3-5-12-8(6)7(11)2-1-4-10/h3,5,7,11H,1-2,4,10H2. The SMILES string of the molecule is NCCCC(O)c1occc1Cl. The summed E-state index contributed by atoms with van der Waals surface area (Å²) in [5.41, 5.74) is 5.29. The predicted octanol–water partition coefficient (Wildman–Crippen LogP) is 1.71. The Bertz CT molecular complexity index is 237. The molecule has 0 aliphatic heterocycles. The lowest BCUT2D eigenvalue weighted by atomic mass is 10.1. The molecule has 1 aromatic heterocycles. The molecule has 4 heteroatoms. The van der Waals surface area contributed by atoms with Gasteiger partial charge >= 0.3 is 0 Å². The van der Waals surface area contributed by atoms with Gasteiger partial charge in [-0.3, -0.25) is 0 Å². The van der Waals surface area contributed by atoms with Crippen molar-refractivity contribution in [2.45, 2.75) is 18.9 Å². The molecule has 0 spiro atoms. The molecule has 1 aromatic rings. The molecule has 68 valence electrons. The Labute approximate surface area is 76.1 Å². The van der Waals surface area contributed by atoms with Crippen molar-refractivity contribution in [1.29, 1.82) is 0 Å². The summed E-state index contributed by atoms with van der Waals surface area (Å²) in [7, 11) is 0. The molecule has 1 heterocycles. The van der Waals surface area contributed by atoms with Crippen molar-refractivity contribution in [3.05, 3.63) is 23.1 Å². The summed E-state index contributed by atoms with van der Waals surface area (Å²) in [5, 5.41) is 9.96. The van der Waals surface area contributed by atoms with Gasteiger partial charge in [0.1, 0.15) is 6.10 Å². The zero-order valence-corrected chi connectivity index (χ0v) is 7.42. The normalized spacial score (nSPS) is 13.2. The van der Waals surface area contributed by atoms with Crippen molar-refractivity contribution in [3.63, 3.8) is 0 Å². The third kappa shape index (κ3) is 2.24. The maximum Gasteiger partial charge on any atom is 0.150 e. The average Bonchev–Trinajstić information content (AvgIpc) is 2.47. The predicted molar refractivity (Wildman–Crippen MR) is 47.0 cm³/mol. The lowest BCUT2D eigenvalue weighted by Gasteiger charge is -2.06. The van der Waals surface area contributed by atoms with E-state index in [-0.39, 0.29) is 0 Å². The van der Waals surface area contributed by atoms with Crippen molar-refractivity contribution < 1.29 is 9.52 Å². The number of hydrogen-bond acceptors (Lipinski definition) is 3. The van der Waals surface area contributed by atoms with E-state index >= 15 is 0 Å². The fourth-order valence-corrected chi connectivity index (χ4v) is 1.21. The van der Waals surface area contributed by atoms with Crippen LogP contribution in [0.2, 0.25) is 5.02 Å². The molecule has 12 heavy (non-hydrogen) atoms. The Hall–Kier alpha value is -0.510. The fraction of sp³-hybridized carbons (Fsp3) is 0.500. The highest BCUT2D eigenvalue weighted by Crippen LogP contribution is 2.26. The van der Waals surface area contributed by atoms with Crippen LogP contribution in [0.5, 0.6) is 0 Å². The largest absolute Gasteiger partial charge is 0.465 e. The van der Waals surface area contributed by atoms with Gasteiger partial charge in [-0.15, -0.1) is 0 Å². The highest BCUT2D eigenvalue weighted by atomic mass is 35.5. The van der Waals surface area contributed by atoms with Crippen LogP contribution in [0.15, 0.2) is 16.7 Å². The Morgan fingerprint density at radius 3 is 2.92 bits per heavy atom. The molecule has 3 N–H and O–H groups in total.